The van der Waals surface area contributed by atoms with Gasteiger partial charge in [-0.05, 0) is 42.5 Å². The molecule has 1 amide bonds. The van der Waals surface area contributed by atoms with Crippen LogP contribution >= 0.6 is 34.5 Å². The zero-order valence-electron chi connectivity index (χ0n) is 11.9. The molecule has 1 unspecified atom stereocenters. The molecule has 0 radical (unpaired) electrons. The van der Waals surface area contributed by atoms with Crippen molar-refractivity contribution in [1.29, 1.82) is 0 Å². The summed E-state index contributed by atoms with van der Waals surface area (Å²) in [6.45, 7) is 1.07. The number of hydrogen-bond donors (Lipinski definition) is 1. The summed E-state index contributed by atoms with van der Waals surface area (Å²) in [4.78, 5) is 15.7. The summed E-state index contributed by atoms with van der Waals surface area (Å²) in [7, 11) is 0. The van der Waals surface area contributed by atoms with Gasteiger partial charge in [0.05, 0.1) is 12.6 Å². The standard InChI is InChI=1S/C16H16Cl2N2OS/c17-11-7-12(18)9-13(8-11)19-10-16(21)20-5-1-3-14(20)15-4-2-6-22-15/h2,4,6-9,14,19H,1,3,5,10H2. The zero-order valence-corrected chi connectivity index (χ0v) is 14.2. The van der Waals surface area contributed by atoms with Crippen LogP contribution in [0.2, 0.25) is 10.0 Å². The van der Waals surface area contributed by atoms with E-state index >= 15 is 0 Å². The smallest absolute Gasteiger partial charge is 0.242 e. The van der Waals surface area contributed by atoms with Gasteiger partial charge in [0.25, 0.3) is 0 Å². The van der Waals surface area contributed by atoms with E-state index in [0.717, 1.165) is 25.1 Å². The van der Waals surface area contributed by atoms with Crippen LogP contribution in [-0.4, -0.2) is 23.9 Å². The van der Waals surface area contributed by atoms with E-state index < -0.39 is 0 Å². The molecule has 1 aliphatic rings. The third kappa shape index (κ3) is 3.57. The van der Waals surface area contributed by atoms with Gasteiger partial charge in [-0.2, -0.15) is 0 Å². The van der Waals surface area contributed by atoms with E-state index in [2.05, 4.69) is 16.8 Å². The van der Waals surface area contributed by atoms with E-state index in [1.54, 1.807) is 29.5 Å². The van der Waals surface area contributed by atoms with Crippen LogP contribution < -0.4 is 5.32 Å². The Morgan fingerprint density at radius 3 is 2.77 bits per heavy atom. The molecule has 1 saturated heterocycles. The van der Waals surface area contributed by atoms with E-state index in [1.807, 2.05) is 11.0 Å². The van der Waals surface area contributed by atoms with Gasteiger partial charge in [0.2, 0.25) is 5.91 Å². The largest absolute Gasteiger partial charge is 0.376 e. The Hall–Kier alpha value is -1.23. The predicted octanol–water partition coefficient (Wildman–Crippen LogP) is 4.83. The molecule has 0 spiro atoms. The van der Waals surface area contributed by atoms with E-state index in [9.17, 15) is 4.79 Å². The van der Waals surface area contributed by atoms with E-state index in [-0.39, 0.29) is 18.5 Å². The highest BCUT2D eigenvalue weighted by molar-refractivity contribution is 7.10. The lowest BCUT2D eigenvalue weighted by atomic mass is 10.2. The number of nitrogens with zero attached hydrogens (tertiary/aromatic N) is 1. The molecule has 1 aromatic carbocycles. The van der Waals surface area contributed by atoms with Crippen molar-refractivity contribution in [3.05, 3.63) is 50.6 Å². The van der Waals surface area contributed by atoms with Crippen LogP contribution in [0.4, 0.5) is 5.69 Å². The number of anilines is 1. The van der Waals surface area contributed by atoms with Crippen LogP contribution in [0.1, 0.15) is 23.8 Å². The number of carbonyl (C=O) groups excluding carboxylic acids is 1. The Morgan fingerprint density at radius 1 is 1.32 bits per heavy atom. The summed E-state index contributed by atoms with van der Waals surface area (Å²) >= 11 is 13.6. The molecule has 1 fully saturated rings. The molecule has 0 aliphatic carbocycles. The molecule has 22 heavy (non-hydrogen) atoms. The number of hydrogen-bond acceptors (Lipinski definition) is 3. The minimum absolute atomic E-state index is 0.104. The highest BCUT2D eigenvalue weighted by Gasteiger charge is 2.30. The summed E-state index contributed by atoms with van der Waals surface area (Å²) in [6, 6.07) is 9.56. The SMILES string of the molecule is O=C(CNc1cc(Cl)cc(Cl)c1)N1CCCC1c1cccs1. The van der Waals surface area contributed by atoms with Crippen molar-refractivity contribution in [1.82, 2.24) is 4.90 Å². The first-order chi connectivity index (χ1) is 10.6. The Bertz CT molecular complexity index is 640. The molecule has 6 heteroatoms. The number of amides is 1. The Kier molecular flexibility index (Phi) is 4.91. The van der Waals surface area contributed by atoms with Crippen molar-refractivity contribution < 1.29 is 4.79 Å². The van der Waals surface area contributed by atoms with Crippen LogP contribution in [-0.2, 0) is 4.79 Å². The molecular formula is C16H16Cl2N2OS. The van der Waals surface area contributed by atoms with Gasteiger partial charge in [0.15, 0.2) is 0 Å². The van der Waals surface area contributed by atoms with E-state index in [4.69, 9.17) is 23.2 Å². The highest BCUT2D eigenvalue weighted by Crippen LogP contribution is 2.34. The van der Waals surface area contributed by atoms with E-state index in [1.165, 1.54) is 4.88 Å². The first-order valence-electron chi connectivity index (χ1n) is 7.16. The van der Waals surface area contributed by atoms with Crippen LogP contribution in [0.3, 0.4) is 0 Å². The fourth-order valence-corrected chi connectivity index (χ4v) is 4.18. The number of halogens is 2. The molecule has 2 heterocycles. The number of thiophene rings is 1. The van der Waals surface area contributed by atoms with Crippen molar-refractivity contribution >= 4 is 46.1 Å². The number of likely N-dealkylation sites (tertiary alicyclic amines) is 1. The van der Waals surface area contributed by atoms with Gasteiger partial charge in [-0.25, -0.2) is 0 Å². The topological polar surface area (TPSA) is 32.3 Å². The van der Waals surface area contributed by atoms with Gasteiger partial charge in [-0.3, -0.25) is 4.79 Å². The minimum Gasteiger partial charge on any atom is -0.376 e. The molecule has 3 nitrogen and oxygen atoms in total. The average Bonchev–Trinajstić information content (AvgIpc) is 3.13. The monoisotopic (exact) mass is 354 g/mol. The predicted molar refractivity (Wildman–Crippen MR) is 93.0 cm³/mol. The van der Waals surface area contributed by atoms with Gasteiger partial charge < -0.3 is 10.2 Å². The highest BCUT2D eigenvalue weighted by atomic mass is 35.5. The second-order valence-corrected chi connectivity index (χ2v) is 7.12. The quantitative estimate of drug-likeness (QED) is 0.852. The molecule has 2 aromatic rings. The summed E-state index contributed by atoms with van der Waals surface area (Å²) in [5, 5.41) is 6.28. The fourth-order valence-electron chi connectivity index (χ4n) is 2.78. The van der Waals surface area contributed by atoms with Gasteiger partial charge in [-0.15, -0.1) is 11.3 Å². The van der Waals surface area contributed by atoms with Crippen molar-refractivity contribution in [3.63, 3.8) is 0 Å². The zero-order chi connectivity index (χ0) is 15.5. The Balaban J connectivity index is 1.64. The molecule has 1 aromatic heterocycles. The van der Waals surface area contributed by atoms with Crippen LogP contribution in [0, 0.1) is 0 Å². The average molecular weight is 355 g/mol. The molecule has 1 atom stereocenters. The molecule has 3 rings (SSSR count). The number of carbonyl (C=O) groups is 1. The number of nitrogens with one attached hydrogen (secondary N) is 1. The van der Waals surface area contributed by atoms with Gasteiger partial charge >= 0.3 is 0 Å². The first kappa shape index (κ1) is 15.7. The number of benzene rings is 1. The summed E-state index contributed by atoms with van der Waals surface area (Å²) in [5.41, 5.74) is 0.762. The first-order valence-corrected chi connectivity index (χ1v) is 8.80. The van der Waals surface area contributed by atoms with Crippen molar-refractivity contribution in [2.24, 2.45) is 0 Å². The molecule has 116 valence electrons. The van der Waals surface area contributed by atoms with Gasteiger partial charge in [0.1, 0.15) is 0 Å². The molecule has 0 saturated carbocycles. The second kappa shape index (κ2) is 6.90. The maximum Gasteiger partial charge on any atom is 0.242 e. The van der Waals surface area contributed by atoms with Crippen LogP contribution in [0.5, 0.6) is 0 Å². The lowest BCUT2D eigenvalue weighted by Crippen LogP contribution is -2.34. The molecule has 0 bridgehead atoms. The third-order valence-electron chi connectivity index (χ3n) is 3.75. The minimum atomic E-state index is 0.104. The Labute approximate surface area is 143 Å². The summed E-state index contributed by atoms with van der Waals surface area (Å²) < 4.78 is 0. The maximum atomic E-state index is 12.5. The lowest BCUT2D eigenvalue weighted by Gasteiger charge is -2.24. The summed E-state index contributed by atoms with van der Waals surface area (Å²) in [6.07, 6.45) is 2.09. The van der Waals surface area contributed by atoms with Gasteiger partial charge in [0, 0.05) is 27.2 Å². The normalized spacial score (nSPS) is 17.7. The van der Waals surface area contributed by atoms with Crippen molar-refractivity contribution in [2.45, 2.75) is 18.9 Å². The maximum absolute atomic E-state index is 12.5. The van der Waals surface area contributed by atoms with Crippen LogP contribution in [0.15, 0.2) is 35.7 Å². The third-order valence-corrected chi connectivity index (χ3v) is 5.16. The molecule has 1 N–H and O–H groups in total. The van der Waals surface area contributed by atoms with Crippen LogP contribution in [0.25, 0.3) is 0 Å². The summed E-state index contributed by atoms with van der Waals surface area (Å²) in [5.74, 6) is 0.104. The van der Waals surface area contributed by atoms with Crippen molar-refractivity contribution in [2.75, 3.05) is 18.4 Å². The Morgan fingerprint density at radius 2 is 2.09 bits per heavy atom. The fraction of sp³-hybridized carbons (Fsp3) is 0.312. The van der Waals surface area contributed by atoms with Crippen molar-refractivity contribution in [3.8, 4) is 0 Å². The van der Waals surface area contributed by atoms with Gasteiger partial charge in [-0.1, -0.05) is 29.3 Å². The van der Waals surface area contributed by atoms with E-state index in [0.29, 0.717) is 10.0 Å². The second-order valence-electron chi connectivity index (χ2n) is 5.27. The molecular weight excluding hydrogens is 339 g/mol. The lowest BCUT2D eigenvalue weighted by molar-refractivity contribution is -0.130. The number of rotatable bonds is 4. The molecule has 1 aliphatic heterocycles.